The van der Waals surface area contributed by atoms with Crippen molar-refractivity contribution in [2.45, 2.75) is 13.0 Å². The molecule has 2 N–H and O–H groups in total. The van der Waals surface area contributed by atoms with E-state index in [9.17, 15) is 4.79 Å². The lowest BCUT2D eigenvalue weighted by Crippen LogP contribution is -2.40. The third-order valence-electron chi connectivity index (χ3n) is 2.51. The summed E-state index contributed by atoms with van der Waals surface area (Å²) in [5.74, 6) is -0.0673. The molecule has 0 saturated heterocycles. The van der Waals surface area contributed by atoms with Gasteiger partial charge in [0.25, 0.3) is 5.91 Å². The molecule has 4 nitrogen and oxygen atoms in total. The average Bonchev–Trinajstić information content (AvgIpc) is 2.54. The highest BCUT2D eigenvalue weighted by atomic mass is 35.5. The lowest BCUT2D eigenvalue weighted by Gasteiger charge is -2.23. The van der Waals surface area contributed by atoms with Crippen molar-refractivity contribution in [3.8, 4) is 0 Å². The predicted molar refractivity (Wildman–Crippen MR) is 61.0 cm³/mol. The summed E-state index contributed by atoms with van der Waals surface area (Å²) in [7, 11) is 3.53. The Balaban J connectivity index is 2.89. The molecule has 1 atom stereocenters. The molecular formula is C10H16ClN3O. The highest BCUT2D eigenvalue weighted by molar-refractivity contribution is 6.31. The molecule has 1 rings (SSSR count). The number of aromatic nitrogens is 1. The van der Waals surface area contributed by atoms with Gasteiger partial charge in [0.15, 0.2) is 0 Å². The fourth-order valence-electron chi connectivity index (χ4n) is 1.28. The van der Waals surface area contributed by atoms with Gasteiger partial charge in [-0.25, -0.2) is 0 Å². The van der Waals surface area contributed by atoms with Gasteiger partial charge in [-0.3, -0.25) is 4.79 Å². The SMILES string of the molecule is C[C@H](CN)N(C)C(=O)c1cc(Cl)cn1C. The second kappa shape index (κ2) is 4.68. The number of nitrogens with zero attached hydrogens (tertiary/aromatic N) is 2. The molecule has 84 valence electrons. The van der Waals surface area contributed by atoms with Crippen LogP contribution in [-0.2, 0) is 7.05 Å². The zero-order valence-electron chi connectivity index (χ0n) is 9.20. The summed E-state index contributed by atoms with van der Waals surface area (Å²) >= 11 is 5.81. The van der Waals surface area contributed by atoms with E-state index >= 15 is 0 Å². The molecule has 0 unspecified atom stereocenters. The van der Waals surface area contributed by atoms with Crippen LogP contribution in [0.2, 0.25) is 5.02 Å². The first kappa shape index (κ1) is 12.1. The quantitative estimate of drug-likeness (QED) is 0.844. The van der Waals surface area contributed by atoms with Crippen molar-refractivity contribution in [1.29, 1.82) is 0 Å². The van der Waals surface area contributed by atoms with Crippen molar-refractivity contribution >= 4 is 17.5 Å². The number of carbonyl (C=O) groups is 1. The highest BCUT2D eigenvalue weighted by Crippen LogP contribution is 2.14. The van der Waals surface area contributed by atoms with Crippen molar-refractivity contribution in [2.24, 2.45) is 12.8 Å². The molecule has 0 aliphatic heterocycles. The number of likely N-dealkylation sites (N-methyl/N-ethyl adjacent to an activating group) is 1. The number of hydrogen-bond donors (Lipinski definition) is 1. The van der Waals surface area contributed by atoms with Gasteiger partial charge in [-0.05, 0) is 13.0 Å². The molecular weight excluding hydrogens is 214 g/mol. The van der Waals surface area contributed by atoms with Gasteiger partial charge < -0.3 is 15.2 Å². The minimum Gasteiger partial charge on any atom is -0.345 e. The second-order valence-electron chi connectivity index (χ2n) is 3.66. The largest absolute Gasteiger partial charge is 0.345 e. The number of amides is 1. The van der Waals surface area contributed by atoms with Crippen LogP contribution in [-0.4, -0.2) is 35.0 Å². The Morgan fingerprint density at radius 1 is 1.73 bits per heavy atom. The summed E-state index contributed by atoms with van der Waals surface area (Å²) < 4.78 is 1.71. The first-order valence-corrected chi connectivity index (χ1v) is 5.14. The smallest absolute Gasteiger partial charge is 0.270 e. The Hall–Kier alpha value is -1.00. The van der Waals surface area contributed by atoms with Gasteiger partial charge in [0.05, 0.1) is 5.02 Å². The first-order valence-electron chi connectivity index (χ1n) is 4.76. The van der Waals surface area contributed by atoms with E-state index in [4.69, 9.17) is 17.3 Å². The van der Waals surface area contributed by atoms with E-state index in [1.165, 1.54) is 0 Å². The molecule has 15 heavy (non-hydrogen) atoms. The van der Waals surface area contributed by atoms with E-state index in [1.807, 2.05) is 6.92 Å². The molecule has 1 amide bonds. The summed E-state index contributed by atoms with van der Waals surface area (Å²) in [6, 6.07) is 1.68. The molecule has 1 heterocycles. The average molecular weight is 230 g/mol. The zero-order chi connectivity index (χ0) is 11.6. The fraction of sp³-hybridized carbons (Fsp3) is 0.500. The monoisotopic (exact) mass is 229 g/mol. The van der Waals surface area contributed by atoms with Gasteiger partial charge in [0, 0.05) is 32.9 Å². The van der Waals surface area contributed by atoms with Crippen molar-refractivity contribution in [1.82, 2.24) is 9.47 Å². The number of nitrogens with two attached hydrogens (primary N) is 1. The zero-order valence-corrected chi connectivity index (χ0v) is 9.95. The van der Waals surface area contributed by atoms with Crippen LogP contribution in [0.4, 0.5) is 0 Å². The molecule has 0 saturated carbocycles. The molecule has 0 spiro atoms. The van der Waals surface area contributed by atoms with Gasteiger partial charge in [0.2, 0.25) is 0 Å². The third kappa shape index (κ3) is 2.52. The summed E-state index contributed by atoms with van der Waals surface area (Å²) in [5.41, 5.74) is 6.08. The van der Waals surface area contributed by atoms with Crippen LogP contribution in [0, 0.1) is 0 Å². The van der Waals surface area contributed by atoms with Crippen LogP contribution >= 0.6 is 11.6 Å². The van der Waals surface area contributed by atoms with Crippen molar-refractivity contribution < 1.29 is 4.79 Å². The van der Waals surface area contributed by atoms with Crippen LogP contribution in [0.1, 0.15) is 17.4 Å². The van der Waals surface area contributed by atoms with Crippen molar-refractivity contribution in [3.63, 3.8) is 0 Å². The predicted octanol–water partition coefficient (Wildman–Crippen LogP) is 1.10. The van der Waals surface area contributed by atoms with E-state index in [0.717, 1.165) is 0 Å². The molecule has 0 aliphatic carbocycles. The Labute approximate surface area is 94.6 Å². The summed E-state index contributed by atoms with van der Waals surface area (Å²) in [5, 5.41) is 0.564. The molecule has 0 aromatic carbocycles. The Bertz CT molecular complexity index is 362. The maximum absolute atomic E-state index is 12.0. The van der Waals surface area contributed by atoms with Crippen molar-refractivity contribution in [2.75, 3.05) is 13.6 Å². The van der Waals surface area contributed by atoms with Gasteiger partial charge in [-0.15, -0.1) is 0 Å². The Morgan fingerprint density at radius 3 is 2.73 bits per heavy atom. The maximum atomic E-state index is 12.0. The van der Waals surface area contributed by atoms with Crippen LogP contribution in [0.25, 0.3) is 0 Å². The first-order chi connectivity index (χ1) is 6.97. The second-order valence-corrected chi connectivity index (χ2v) is 4.09. The molecule has 0 radical (unpaired) electrons. The summed E-state index contributed by atoms with van der Waals surface area (Å²) in [4.78, 5) is 13.6. The van der Waals surface area contributed by atoms with Gasteiger partial charge in [-0.1, -0.05) is 11.6 Å². The van der Waals surface area contributed by atoms with Crippen molar-refractivity contribution in [3.05, 3.63) is 23.0 Å². The molecule has 0 aliphatic rings. The summed E-state index contributed by atoms with van der Waals surface area (Å²) in [6.45, 7) is 2.35. The van der Waals surface area contributed by atoms with E-state index in [0.29, 0.717) is 17.3 Å². The lowest BCUT2D eigenvalue weighted by molar-refractivity contribution is 0.0739. The van der Waals surface area contributed by atoms with Crippen LogP contribution < -0.4 is 5.73 Å². The Morgan fingerprint density at radius 2 is 2.33 bits per heavy atom. The van der Waals surface area contributed by atoms with Gasteiger partial charge >= 0.3 is 0 Å². The lowest BCUT2D eigenvalue weighted by atomic mass is 10.2. The number of carbonyl (C=O) groups excluding carboxylic acids is 1. The van der Waals surface area contributed by atoms with Gasteiger partial charge in [0.1, 0.15) is 5.69 Å². The summed E-state index contributed by atoms with van der Waals surface area (Å²) in [6.07, 6.45) is 1.70. The topological polar surface area (TPSA) is 51.3 Å². The van der Waals surface area contributed by atoms with Crippen LogP contribution in [0.3, 0.4) is 0 Å². The number of rotatable bonds is 3. The fourth-order valence-corrected chi connectivity index (χ4v) is 1.53. The minimum absolute atomic E-state index is 0.0196. The van der Waals surface area contributed by atoms with E-state index in [2.05, 4.69) is 0 Å². The minimum atomic E-state index is -0.0673. The standard InChI is InChI=1S/C10H16ClN3O/c1-7(5-12)14(3)10(15)9-4-8(11)6-13(9)2/h4,6-7H,5,12H2,1-3H3/t7-/m1/s1. The normalized spacial score (nSPS) is 12.6. The molecule has 1 aromatic heterocycles. The van der Waals surface area contributed by atoms with E-state index in [1.54, 1.807) is 35.8 Å². The number of aryl methyl sites for hydroxylation is 1. The molecule has 5 heteroatoms. The third-order valence-corrected chi connectivity index (χ3v) is 2.72. The van der Waals surface area contributed by atoms with Crippen LogP contribution in [0.5, 0.6) is 0 Å². The molecule has 0 fully saturated rings. The van der Waals surface area contributed by atoms with Crippen LogP contribution in [0.15, 0.2) is 12.3 Å². The highest BCUT2D eigenvalue weighted by Gasteiger charge is 2.19. The molecule has 0 bridgehead atoms. The number of hydrogen-bond acceptors (Lipinski definition) is 2. The maximum Gasteiger partial charge on any atom is 0.270 e. The molecule has 1 aromatic rings. The Kier molecular flexibility index (Phi) is 3.77. The van der Waals surface area contributed by atoms with E-state index in [-0.39, 0.29) is 11.9 Å². The van der Waals surface area contributed by atoms with E-state index < -0.39 is 0 Å². The van der Waals surface area contributed by atoms with Gasteiger partial charge in [-0.2, -0.15) is 0 Å². The number of halogens is 1.